The summed E-state index contributed by atoms with van der Waals surface area (Å²) in [6.45, 7) is 2.82. The Balaban J connectivity index is 2.76. The van der Waals surface area contributed by atoms with E-state index in [1.54, 1.807) is 0 Å². The Morgan fingerprint density at radius 2 is 2.50 bits per heavy atom. The molecule has 0 radical (unpaired) electrons. The van der Waals surface area contributed by atoms with Gasteiger partial charge in [-0.2, -0.15) is 0 Å². The van der Waals surface area contributed by atoms with Crippen molar-refractivity contribution >= 4 is 5.97 Å². The molecular formula is C10H16N2O2. The van der Waals surface area contributed by atoms with E-state index in [-0.39, 0.29) is 6.04 Å². The molecule has 0 bridgehead atoms. The lowest BCUT2D eigenvalue weighted by Crippen LogP contribution is -2.53. The summed E-state index contributed by atoms with van der Waals surface area (Å²) in [6.07, 6.45) is 5.71. The number of rotatable bonds is 3. The minimum Gasteiger partial charge on any atom is -0.480 e. The van der Waals surface area contributed by atoms with Gasteiger partial charge < -0.3 is 10.0 Å². The summed E-state index contributed by atoms with van der Waals surface area (Å²) in [7, 11) is 1.92. The Hall–Kier alpha value is -1.05. The molecule has 0 saturated carbocycles. The Morgan fingerprint density at radius 1 is 1.86 bits per heavy atom. The highest BCUT2D eigenvalue weighted by Gasteiger charge is 2.46. The van der Waals surface area contributed by atoms with Gasteiger partial charge in [0.1, 0.15) is 5.54 Å². The van der Waals surface area contributed by atoms with E-state index in [1.807, 2.05) is 18.9 Å². The van der Waals surface area contributed by atoms with E-state index < -0.39 is 11.5 Å². The molecular weight excluding hydrogens is 180 g/mol. The van der Waals surface area contributed by atoms with Crippen molar-refractivity contribution in [3.8, 4) is 12.3 Å². The van der Waals surface area contributed by atoms with Crippen molar-refractivity contribution in [2.24, 2.45) is 0 Å². The van der Waals surface area contributed by atoms with Gasteiger partial charge >= 0.3 is 5.97 Å². The smallest absolute Gasteiger partial charge is 0.325 e. The average molecular weight is 196 g/mol. The van der Waals surface area contributed by atoms with Crippen molar-refractivity contribution in [1.29, 1.82) is 0 Å². The molecule has 0 aromatic heterocycles. The van der Waals surface area contributed by atoms with Crippen LogP contribution in [0.25, 0.3) is 0 Å². The SMILES string of the molecule is C#CCNC1(C(=O)O)CC(C)N(C)C1. The summed E-state index contributed by atoms with van der Waals surface area (Å²) in [5.74, 6) is 1.60. The second-order valence-electron chi connectivity index (χ2n) is 3.91. The number of likely N-dealkylation sites (N-methyl/N-ethyl adjacent to an activating group) is 1. The summed E-state index contributed by atoms with van der Waals surface area (Å²) in [5, 5.41) is 12.1. The first-order chi connectivity index (χ1) is 6.52. The number of likely N-dealkylation sites (tertiary alicyclic amines) is 1. The summed E-state index contributed by atoms with van der Waals surface area (Å²) < 4.78 is 0. The molecule has 1 aliphatic rings. The highest BCUT2D eigenvalue weighted by Crippen LogP contribution is 2.25. The molecule has 1 heterocycles. The maximum absolute atomic E-state index is 11.2. The van der Waals surface area contributed by atoms with Gasteiger partial charge in [-0.05, 0) is 20.4 Å². The molecule has 0 amide bonds. The van der Waals surface area contributed by atoms with Crippen LogP contribution >= 0.6 is 0 Å². The molecule has 0 aliphatic carbocycles. The first kappa shape index (κ1) is 11.0. The number of carboxylic acid groups (broad SMARTS) is 1. The first-order valence-corrected chi connectivity index (χ1v) is 4.64. The quantitative estimate of drug-likeness (QED) is 0.612. The molecule has 2 N–H and O–H groups in total. The van der Waals surface area contributed by atoms with Gasteiger partial charge in [-0.25, -0.2) is 0 Å². The molecule has 0 aromatic carbocycles. The van der Waals surface area contributed by atoms with Crippen molar-refractivity contribution < 1.29 is 9.90 Å². The minimum absolute atomic E-state index is 0.274. The van der Waals surface area contributed by atoms with Crippen LogP contribution < -0.4 is 5.32 Å². The summed E-state index contributed by atoms with van der Waals surface area (Å²) in [4.78, 5) is 13.2. The second-order valence-corrected chi connectivity index (χ2v) is 3.91. The van der Waals surface area contributed by atoms with Crippen LogP contribution in [-0.2, 0) is 4.79 Å². The van der Waals surface area contributed by atoms with Gasteiger partial charge in [-0.15, -0.1) is 6.42 Å². The maximum Gasteiger partial charge on any atom is 0.325 e. The molecule has 2 unspecified atom stereocenters. The number of nitrogens with one attached hydrogen (secondary N) is 1. The third-order valence-electron chi connectivity index (χ3n) is 2.85. The van der Waals surface area contributed by atoms with Crippen molar-refractivity contribution in [3.63, 3.8) is 0 Å². The number of aliphatic carboxylic acids is 1. The standard InChI is InChI=1S/C10H16N2O2/c1-4-5-11-10(9(13)14)6-8(2)12(3)7-10/h1,8,11H,5-7H2,2-3H3,(H,13,14). The van der Waals surface area contributed by atoms with E-state index >= 15 is 0 Å². The van der Waals surface area contributed by atoms with E-state index in [0.29, 0.717) is 19.5 Å². The monoisotopic (exact) mass is 196 g/mol. The van der Waals surface area contributed by atoms with Crippen LogP contribution in [-0.4, -0.2) is 47.7 Å². The van der Waals surface area contributed by atoms with Gasteiger partial charge in [-0.3, -0.25) is 10.1 Å². The topological polar surface area (TPSA) is 52.6 Å². The van der Waals surface area contributed by atoms with Crippen LogP contribution in [0.4, 0.5) is 0 Å². The van der Waals surface area contributed by atoms with Crippen molar-refractivity contribution in [1.82, 2.24) is 10.2 Å². The zero-order valence-corrected chi connectivity index (χ0v) is 8.58. The predicted molar refractivity (Wildman–Crippen MR) is 53.9 cm³/mol. The Labute approximate surface area is 84.3 Å². The van der Waals surface area contributed by atoms with Gasteiger partial charge in [0, 0.05) is 12.6 Å². The van der Waals surface area contributed by atoms with Gasteiger partial charge in [0.05, 0.1) is 6.54 Å². The lowest BCUT2D eigenvalue weighted by Gasteiger charge is -2.24. The van der Waals surface area contributed by atoms with E-state index in [0.717, 1.165) is 0 Å². The molecule has 1 saturated heterocycles. The Morgan fingerprint density at radius 3 is 2.86 bits per heavy atom. The third-order valence-corrected chi connectivity index (χ3v) is 2.85. The van der Waals surface area contributed by atoms with Gasteiger partial charge in [-0.1, -0.05) is 5.92 Å². The van der Waals surface area contributed by atoms with Crippen LogP contribution in [0.15, 0.2) is 0 Å². The molecule has 1 fully saturated rings. The molecule has 78 valence electrons. The summed E-state index contributed by atoms with van der Waals surface area (Å²) >= 11 is 0. The minimum atomic E-state index is -0.861. The van der Waals surface area contributed by atoms with Gasteiger partial charge in [0.25, 0.3) is 0 Å². The van der Waals surface area contributed by atoms with Crippen LogP contribution in [0.1, 0.15) is 13.3 Å². The van der Waals surface area contributed by atoms with Gasteiger partial charge in [0.2, 0.25) is 0 Å². The number of carbonyl (C=O) groups is 1. The van der Waals surface area contributed by atoms with E-state index in [2.05, 4.69) is 11.2 Å². The zero-order valence-electron chi connectivity index (χ0n) is 8.58. The van der Waals surface area contributed by atoms with Gasteiger partial charge in [0.15, 0.2) is 0 Å². The Bertz CT molecular complexity index is 260. The lowest BCUT2D eigenvalue weighted by molar-refractivity contribution is -0.144. The average Bonchev–Trinajstić information content (AvgIpc) is 2.41. The number of hydrogen-bond donors (Lipinski definition) is 2. The molecule has 1 aliphatic heterocycles. The predicted octanol–water partition coefficient (Wildman–Crippen LogP) is -0.243. The number of terminal acetylenes is 1. The fourth-order valence-electron chi connectivity index (χ4n) is 1.89. The fourth-order valence-corrected chi connectivity index (χ4v) is 1.89. The molecule has 2 atom stereocenters. The normalized spacial score (nSPS) is 32.8. The number of hydrogen-bond acceptors (Lipinski definition) is 3. The number of nitrogens with zero attached hydrogens (tertiary/aromatic N) is 1. The van der Waals surface area contributed by atoms with Crippen molar-refractivity contribution in [2.45, 2.75) is 24.9 Å². The van der Waals surface area contributed by atoms with E-state index in [4.69, 9.17) is 11.5 Å². The molecule has 4 heteroatoms. The van der Waals surface area contributed by atoms with Crippen LogP contribution in [0.2, 0.25) is 0 Å². The van der Waals surface area contributed by atoms with Crippen LogP contribution in [0.5, 0.6) is 0 Å². The van der Waals surface area contributed by atoms with Crippen LogP contribution in [0, 0.1) is 12.3 Å². The number of carboxylic acids is 1. The highest BCUT2D eigenvalue weighted by molar-refractivity contribution is 5.79. The molecule has 0 aromatic rings. The van der Waals surface area contributed by atoms with Crippen LogP contribution in [0.3, 0.4) is 0 Å². The fraction of sp³-hybridized carbons (Fsp3) is 0.700. The van der Waals surface area contributed by atoms with E-state index in [9.17, 15) is 4.79 Å². The largest absolute Gasteiger partial charge is 0.480 e. The third kappa shape index (κ3) is 1.89. The highest BCUT2D eigenvalue weighted by atomic mass is 16.4. The second kappa shape index (κ2) is 3.99. The molecule has 0 spiro atoms. The van der Waals surface area contributed by atoms with Crippen molar-refractivity contribution in [2.75, 3.05) is 20.1 Å². The first-order valence-electron chi connectivity index (χ1n) is 4.64. The lowest BCUT2D eigenvalue weighted by atomic mass is 9.96. The Kier molecular flexibility index (Phi) is 3.14. The zero-order chi connectivity index (χ0) is 10.8. The summed E-state index contributed by atoms with van der Waals surface area (Å²) in [5.41, 5.74) is -0.861. The molecule has 4 nitrogen and oxygen atoms in total. The van der Waals surface area contributed by atoms with Crippen molar-refractivity contribution in [3.05, 3.63) is 0 Å². The maximum atomic E-state index is 11.2. The molecule has 1 rings (SSSR count). The summed E-state index contributed by atoms with van der Waals surface area (Å²) in [6, 6.07) is 0.274. The molecule has 14 heavy (non-hydrogen) atoms. The van der Waals surface area contributed by atoms with E-state index in [1.165, 1.54) is 0 Å².